The molecule has 124 valence electrons. The molecular formula is C17H35N3O. The van der Waals surface area contributed by atoms with Crippen molar-refractivity contribution >= 4 is 5.96 Å². The third kappa shape index (κ3) is 7.16. The highest BCUT2D eigenvalue weighted by Crippen LogP contribution is 2.44. The number of aliphatic imine (C=N–C) groups is 1. The fourth-order valence-corrected chi connectivity index (χ4v) is 2.79. The maximum absolute atomic E-state index is 5.25. The van der Waals surface area contributed by atoms with Gasteiger partial charge < -0.3 is 15.4 Å². The van der Waals surface area contributed by atoms with Gasteiger partial charge in [0.15, 0.2) is 5.96 Å². The lowest BCUT2D eigenvalue weighted by Gasteiger charge is -2.40. The van der Waals surface area contributed by atoms with Gasteiger partial charge in [-0.05, 0) is 50.4 Å². The SMILES string of the molecule is CCNC(=NCC1(CCOC)CCC1)NCCCC(C)C. The van der Waals surface area contributed by atoms with Gasteiger partial charge in [0.1, 0.15) is 0 Å². The van der Waals surface area contributed by atoms with E-state index in [1.54, 1.807) is 7.11 Å². The minimum absolute atomic E-state index is 0.399. The van der Waals surface area contributed by atoms with E-state index in [4.69, 9.17) is 9.73 Å². The average Bonchev–Trinajstić information content (AvgIpc) is 2.41. The topological polar surface area (TPSA) is 45.7 Å². The summed E-state index contributed by atoms with van der Waals surface area (Å²) in [6, 6.07) is 0. The van der Waals surface area contributed by atoms with Crippen LogP contribution < -0.4 is 10.6 Å². The Balaban J connectivity index is 2.38. The van der Waals surface area contributed by atoms with Crippen molar-refractivity contribution in [3.8, 4) is 0 Å². The predicted octanol–water partition coefficient (Wildman–Crippen LogP) is 3.18. The largest absolute Gasteiger partial charge is 0.385 e. The van der Waals surface area contributed by atoms with E-state index in [1.165, 1.54) is 32.1 Å². The lowest BCUT2D eigenvalue weighted by atomic mass is 9.67. The Morgan fingerprint density at radius 2 is 2.05 bits per heavy atom. The number of nitrogens with one attached hydrogen (secondary N) is 2. The van der Waals surface area contributed by atoms with Crippen molar-refractivity contribution < 1.29 is 4.74 Å². The molecule has 4 nitrogen and oxygen atoms in total. The molecule has 0 unspecified atom stereocenters. The second kappa shape index (κ2) is 10.0. The highest BCUT2D eigenvalue weighted by atomic mass is 16.5. The van der Waals surface area contributed by atoms with Crippen LogP contribution in [0.4, 0.5) is 0 Å². The van der Waals surface area contributed by atoms with Crippen LogP contribution in [-0.2, 0) is 4.74 Å². The van der Waals surface area contributed by atoms with Gasteiger partial charge >= 0.3 is 0 Å². The Bertz CT molecular complexity index is 298. The normalized spacial score (nSPS) is 17.7. The molecule has 0 aliphatic heterocycles. The lowest BCUT2D eigenvalue weighted by molar-refractivity contribution is 0.0778. The van der Waals surface area contributed by atoms with Crippen molar-refractivity contribution in [1.82, 2.24) is 10.6 Å². The molecule has 4 heteroatoms. The van der Waals surface area contributed by atoms with Gasteiger partial charge in [0, 0.05) is 33.4 Å². The summed E-state index contributed by atoms with van der Waals surface area (Å²) in [6.45, 7) is 10.4. The Kier molecular flexibility index (Phi) is 8.74. The summed E-state index contributed by atoms with van der Waals surface area (Å²) < 4.78 is 5.25. The van der Waals surface area contributed by atoms with Crippen molar-refractivity contribution in [2.24, 2.45) is 16.3 Å². The zero-order valence-electron chi connectivity index (χ0n) is 14.5. The predicted molar refractivity (Wildman–Crippen MR) is 90.8 cm³/mol. The molecule has 0 atom stereocenters. The summed E-state index contributed by atoms with van der Waals surface area (Å²) in [5.74, 6) is 1.75. The summed E-state index contributed by atoms with van der Waals surface area (Å²) in [7, 11) is 1.79. The van der Waals surface area contributed by atoms with Crippen molar-refractivity contribution in [1.29, 1.82) is 0 Å². The van der Waals surface area contributed by atoms with Crippen LogP contribution in [-0.4, -0.2) is 39.3 Å². The lowest BCUT2D eigenvalue weighted by Crippen LogP contribution is -2.40. The van der Waals surface area contributed by atoms with E-state index in [0.29, 0.717) is 5.41 Å². The highest BCUT2D eigenvalue weighted by molar-refractivity contribution is 5.79. The maximum Gasteiger partial charge on any atom is 0.191 e. The van der Waals surface area contributed by atoms with E-state index in [1.807, 2.05) is 0 Å². The van der Waals surface area contributed by atoms with E-state index < -0.39 is 0 Å². The van der Waals surface area contributed by atoms with Gasteiger partial charge in [-0.1, -0.05) is 20.3 Å². The van der Waals surface area contributed by atoms with E-state index >= 15 is 0 Å². The molecule has 1 aliphatic carbocycles. The number of hydrogen-bond donors (Lipinski definition) is 2. The molecule has 0 spiro atoms. The molecule has 0 saturated heterocycles. The quantitative estimate of drug-likeness (QED) is 0.370. The van der Waals surface area contributed by atoms with Crippen LogP contribution in [0.3, 0.4) is 0 Å². The first-order chi connectivity index (χ1) is 10.1. The molecule has 0 aromatic heterocycles. The zero-order valence-corrected chi connectivity index (χ0v) is 14.5. The van der Waals surface area contributed by atoms with Crippen LogP contribution in [0.15, 0.2) is 4.99 Å². The Labute approximate surface area is 131 Å². The van der Waals surface area contributed by atoms with Gasteiger partial charge in [0.2, 0.25) is 0 Å². The zero-order chi connectivity index (χ0) is 15.6. The van der Waals surface area contributed by atoms with Crippen LogP contribution in [0, 0.1) is 11.3 Å². The van der Waals surface area contributed by atoms with Crippen LogP contribution >= 0.6 is 0 Å². The van der Waals surface area contributed by atoms with Gasteiger partial charge in [-0.15, -0.1) is 0 Å². The average molecular weight is 297 g/mol. The smallest absolute Gasteiger partial charge is 0.191 e. The van der Waals surface area contributed by atoms with Crippen LogP contribution in [0.1, 0.15) is 59.3 Å². The fraction of sp³-hybridized carbons (Fsp3) is 0.941. The minimum atomic E-state index is 0.399. The van der Waals surface area contributed by atoms with E-state index in [0.717, 1.165) is 44.5 Å². The molecule has 1 aliphatic rings. The molecule has 0 aromatic carbocycles. The molecule has 1 rings (SSSR count). The summed E-state index contributed by atoms with van der Waals surface area (Å²) in [5, 5.41) is 6.82. The minimum Gasteiger partial charge on any atom is -0.385 e. The van der Waals surface area contributed by atoms with Crippen molar-refractivity contribution in [3.05, 3.63) is 0 Å². The first kappa shape index (κ1) is 18.3. The van der Waals surface area contributed by atoms with Crippen molar-refractivity contribution in [2.45, 2.75) is 59.3 Å². The summed E-state index contributed by atoms with van der Waals surface area (Å²) >= 11 is 0. The molecule has 0 aromatic rings. The van der Waals surface area contributed by atoms with Crippen molar-refractivity contribution in [2.75, 3.05) is 33.4 Å². The molecule has 21 heavy (non-hydrogen) atoms. The molecule has 0 heterocycles. The van der Waals surface area contributed by atoms with Crippen LogP contribution in [0.25, 0.3) is 0 Å². The highest BCUT2D eigenvalue weighted by Gasteiger charge is 2.36. The van der Waals surface area contributed by atoms with Crippen LogP contribution in [0.5, 0.6) is 0 Å². The Morgan fingerprint density at radius 3 is 2.57 bits per heavy atom. The maximum atomic E-state index is 5.25. The van der Waals surface area contributed by atoms with Crippen molar-refractivity contribution in [3.63, 3.8) is 0 Å². The number of ether oxygens (including phenoxy) is 1. The molecule has 0 radical (unpaired) electrons. The molecular weight excluding hydrogens is 262 g/mol. The van der Waals surface area contributed by atoms with Gasteiger partial charge in [0.25, 0.3) is 0 Å². The third-order valence-electron chi connectivity index (χ3n) is 4.42. The van der Waals surface area contributed by atoms with E-state index in [2.05, 4.69) is 31.4 Å². The monoisotopic (exact) mass is 297 g/mol. The van der Waals surface area contributed by atoms with E-state index in [-0.39, 0.29) is 0 Å². The van der Waals surface area contributed by atoms with Gasteiger partial charge in [0.05, 0.1) is 0 Å². The van der Waals surface area contributed by atoms with E-state index in [9.17, 15) is 0 Å². The first-order valence-electron chi connectivity index (χ1n) is 8.63. The van der Waals surface area contributed by atoms with Crippen LogP contribution in [0.2, 0.25) is 0 Å². The summed E-state index contributed by atoms with van der Waals surface area (Å²) in [6.07, 6.45) is 7.55. The number of methoxy groups -OCH3 is 1. The van der Waals surface area contributed by atoms with Gasteiger partial charge in [-0.2, -0.15) is 0 Å². The Morgan fingerprint density at radius 1 is 1.29 bits per heavy atom. The van der Waals surface area contributed by atoms with Gasteiger partial charge in [-0.3, -0.25) is 4.99 Å². The number of hydrogen-bond acceptors (Lipinski definition) is 2. The second-order valence-corrected chi connectivity index (χ2v) is 6.75. The standard InChI is InChI=1S/C17H35N3O/c1-5-18-16(19-12-6-8-15(2)3)20-14-17(9-7-10-17)11-13-21-4/h15H,5-14H2,1-4H3,(H2,18,19,20). The number of guanidine groups is 1. The first-order valence-corrected chi connectivity index (χ1v) is 8.63. The second-order valence-electron chi connectivity index (χ2n) is 6.75. The molecule has 1 fully saturated rings. The Hall–Kier alpha value is -0.770. The third-order valence-corrected chi connectivity index (χ3v) is 4.42. The fourth-order valence-electron chi connectivity index (χ4n) is 2.79. The van der Waals surface area contributed by atoms with Gasteiger partial charge in [-0.25, -0.2) is 0 Å². The summed E-state index contributed by atoms with van der Waals surface area (Å²) in [5.41, 5.74) is 0.399. The number of nitrogens with zero attached hydrogens (tertiary/aromatic N) is 1. The molecule has 1 saturated carbocycles. The summed E-state index contributed by atoms with van der Waals surface area (Å²) in [4.78, 5) is 4.82. The molecule has 2 N–H and O–H groups in total. The number of rotatable bonds is 10. The molecule has 0 amide bonds. The molecule has 0 bridgehead atoms.